The summed E-state index contributed by atoms with van der Waals surface area (Å²) in [5.74, 6) is -1.16. The van der Waals surface area contributed by atoms with Crippen LogP contribution in [0, 0.1) is 11.3 Å². The molecule has 0 saturated carbocycles. The van der Waals surface area contributed by atoms with Crippen LogP contribution in [-0.4, -0.2) is 17.4 Å². The van der Waals surface area contributed by atoms with Gasteiger partial charge >= 0.3 is 5.97 Å². The molecule has 0 heterocycles. The summed E-state index contributed by atoms with van der Waals surface area (Å²) in [6, 6.07) is 4.16. The van der Waals surface area contributed by atoms with Gasteiger partial charge in [-0.15, -0.1) is 12.6 Å². The first-order valence-corrected chi connectivity index (χ1v) is 4.00. The van der Waals surface area contributed by atoms with Crippen LogP contribution in [-0.2, 0) is 0 Å². The highest BCUT2D eigenvalue weighted by molar-refractivity contribution is 7.80. The summed E-state index contributed by atoms with van der Waals surface area (Å²) in [4.78, 5) is 21.3. The topological polar surface area (TPSA) is 78.2 Å². The number of carbonyl (C=O) groups excluding carboxylic acids is 1. The predicted molar refractivity (Wildman–Crippen MR) is 50.8 cm³/mol. The number of benzene rings is 1. The minimum absolute atomic E-state index is 0.0393. The molecule has 0 saturated heterocycles. The lowest BCUT2D eigenvalue weighted by Crippen LogP contribution is -2.00. The second-order valence-electron chi connectivity index (χ2n) is 2.49. The lowest BCUT2D eigenvalue weighted by Gasteiger charge is -2.01. The Kier molecular flexibility index (Phi) is 2.89. The third kappa shape index (κ3) is 1.75. The van der Waals surface area contributed by atoms with Crippen LogP contribution in [0.25, 0.3) is 0 Å². The van der Waals surface area contributed by atoms with Gasteiger partial charge in [0.05, 0.1) is 11.1 Å². The normalized spacial score (nSPS) is 9.14. The van der Waals surface area contributed by atoms with Crippen molar-refractivity contribution in [2.45, 2.75) is 4.90 Å². The van der Waals surface area contributed by atoms with E-state index >= 15 is 0 Å². The van der Waals surface area contributed by atoms with Crippen molar-refractivity contribution < 1.29 is 14.7 Å². The van der Waals surface area contributed by atoms with E-state index in [1.165, 1.54) is 6.07 Å². The number of thiol groups is 1. The maximum Gasteiger partial charge on any atom is 0.335 e. The Bertz CT molecular complexity index is 448. The predicted octanol–water partition coefficient (Wildman–Crippen LogP) is 1.36. The molecule has 0 spiro atoms. The number of aldehydes is 1. The first-order valence-electron chi connectivity index (χ1n) is 3.55. The van der Waals surface area contributed by atoms with Crippen molar-refractivity contribution in [2.24, 2.45) is 0 Å². The maximum absolute atomic E-state index is 10.6. The van der Waals surface area contributed by atoms with Gasteiger partial charge in [-0.25, -0.2) is 4.79 Å². The number of hydrogen-bond donors (Lipinski definition) is 2. The molecule has 0 bridgehead atoms. The summed E-state index contributed by atoms with van der Waals surface area (Å²) in [6.45, 7) is 0. The van der Waals surface area contributed by atoms with Gasteiger partial charge in [0.15, 0.2) is 6.29 Å². The summed E-state index contributed by atoms with van der Waals surface area (Å²) in [5, 5.41) is 17.3. The SMILES string of the molecule is N#Cc1c(S)cc(C(=O)O)cc1C=O. The van der Waals surface area contributed by atoms with Crippen molar-refractivity contribution in [1.82, 2.24) is 0 Å². The number of nitriles is 1. The number of carboxylic acids is 1. The molecule has 0 aliphatic heterocycles. The van der Waals surface area contributed by atoms with Crippen molar-refractivity contribution in [3.8, 4) is 6.07 Å². The number of carboxylic acid groups (broad SMARTS) is 1. The molecule has 5 heteroatoms. The van der Waals surface area contributed by atoms with Crippen LogP contribution in [0.5, 0.6) is 0 Å². The Labute approximate surface area is 85.2 Å². The molecule has 14 heavy (non-hydrogen) atoms. The van der Waals surface area contributed by atoms with Gasteiger partial charge in [0.1, 0.15) is 6.07 Å². The van der Waals surface area contributed by atoms with Crippen LogP contribution in [0.4, 0.5) is 0 Å². The zero-order valence-electron chi connectivity index (χ0n) is 6.89. The molecule has 0 atom stereocenters. The first kappa shape index (κ1) is 10.3. The van der Waals surface area contributed by atoms with E-state index in [0.29, 0.717) is 6.29 Å². The summed E-state index contributed by atoms with van der Waals surface area (Å²) in [7, 11) is 0. The van der Waals surface area contributed by atoms with Crippen molar-refractivity contribution in [3.63, 3.8) is 0 Å². The van der Waals surface area contributed by atoms with Crippen LogP contribution in [0.2, 0.25) is 0 Å². The molecule has 0 aliphatic carbocycles. The molecule has 1 aromatic rings. The molecule has 0 fully saturated rings. The molecule has 1 rings (SSSR count). The van der Waals surface area contributed by atoms with Crippen LogP contribution < -0.4 is 0 Å². The van der Waals surface area contributed by atoms with E-state index < -0.39 is 5.97 Å². The highest BCUT2D eigenvalue weighted by Gasteiger charge is 2.11. The van der Waals surface area contributed by atoms with Gasteiger partial charge in [0.25, 0.3) is 0 Å². The number of hydrogen-bond acceptors (Lipinski definition) is 4. The lowest BCUT2D eigenvalue weighted by molar-refractivity contribution is 0.0696. The van der Waals surface area contributed by atoms with Crippen LogP contribution in [0.15, 0.2) is 17.0 Å². The third-order valence-electron chi connectivity index (χ3n) is 1.63. The fraction of sp³-hybridized carbons (Fsp3) is 0. The quantitative estimate of drug-likeness (QED) is 0.567. The minimum atomic E-state index is -1.16. The maximum atomic E-state index is 10.6. The zero-order valence-corrected chi connectivity index (χ0v) is 7.78. The number of rotatable bonds is 2. The fourth-order valence-electron chi connectivity index (χ4n) is 0.987. The van der Waals surface area contributed by atoms with E-state index in [9.17, 15) is 9.59 Å². The lowest BCUT2D eigenvalue weighted by atomic mass is 10.1. The summed E-state index contributed by atoms with van der Waals surface area (Å²) in [6.07, 6.45) is 0.435. The molecule has 0 amide bonds. The Morgan fingerprint density at radius 1 is 1.57 bits per heavy atom. The average molecular weight is 207 g/mol. The van der Waals surface area contributed by atoms with E-state index in [-0.39, 0.29) is 21.6 Å². The molecule has 4 nitrogen and oxygen atoms in total. The minimum Gasteiger partial charge on any atom is -0.478 e. The molecule has 0 aromatic heterocycles. The van der Waals surface area contributed by atoms with Crippen LogP contribution >= 0.6 is 12.6 Å². The fourth-order valence-corrected chi connectivity index (χ4v) is 1.31. The van der Waals surface area contributed by atoms with E-state index in [4.69, 9.17) is 10.4 Å². The largest absolute Gasteiger partial charge is 0.478 e. The molecular formula is C9H5NO3S. The smallest absolute Gasteiger partial charge is 0.335 e. The van der Waals surface area contributed by atoms with Crippen molar-refractivity contribution >= 4 is 24.9 Å². The highest BCUT2D eigenvalue weighted by atomic mass is 32.1. The van der Waals surface area contributed by atoms with Crippen LogP contribution in [0.1, 0.15) is 26.3 Å². The Morgan fingerprint density at radius 2 is 2.21 bits per heavy atom. The van der Waals surface area contributed by atoms with Gasteiger partial charge in [-0.05, 0) is 12.1 Å². The highest BCUT2D eigenvalue weighted by Crippen LogP contribution is 2.19. The number of aromatic carboxylic acids is 1. The Hall–Kier alpha value is -1.80. The second kappa shape index (κ2) is 3.94. The molecule has 70 valence electrons. The van der Waals surface area contributed by atoms with Gasteiger partial charge in [-0.1, -0.05) is 0 Å². The number of nitrogens with zero attached hydrogens (tertiary/aromatic N) is 1. The van der Waals surface area contributed by atoms with Gasteiger partial charge in [0, 0.05) is 10.5 Å². The molecular weight excluding hydrogens is 202 g/mol. The standard InChI is InChI=1S/C9H5NO3S/c10-3-7-6(4-11)1-5(9(12)13)2-8(7)14/h1-2,4,14H,(H,12,13). The van der Waals surface area contributed by atoms with Crippen molar-refractivity contribution in [1.29, 1.82) is 5.26 Å². The van der Waals surface area contributed by atoms with Crippen LogP contribution in [0.3, 0.4) is 0 Å². The molecule has 1 aromatic carbocycles. The summed E-state index contributed by atoms with van der Waals surface area (Å²) < 4.78 is 0. The second-order valence-corrected chi connectivity index (χ2v) is 2.98. The Balaban J connectivity index is 3.48. The van der Waals surface area contributed by atoms with E-state index in [0.717, 1.165) is 6.07 Å². The molecule has 0 unspecified atom stereocenters. The molecule has 0 aliphatic rings. The monoisotopic (exact) mass is 207 g/mol. The average Bonchev–Trinajstić information content (AvgIpc) is 2.16. The zero-order chi connectivity index (χ0) is 10.7. The van der Waals surface area contributed by atoms with E-state index in [1.54, 1.807) is 6.07 Å². The van der Waals surface area contributed by atoms with E-state index in [1.807, 2.05) is 0 Å². The van der Waals surface area contributed by atoms with Crippen molar-refractivity contribution in [3.05, 3.63) is 28.8 Å². The van der Waals surface area contributed by atoms with Crippen molar-refractivity contribution in [2.75, 3.05) is 0 Å². The van der Waals surface area contributed by atoms with Gasteiger partial charge in [-0.2, -0.15) is 5.26 Å². The van der Waals surface area contributed by atoms with Gasteiger partial charge in [0.2, 0.25) is 0 Å². The number of carbonyl (C=O) groups is 2. The summed E-state index contributed by atoms with van der Waals surface area (Å²) in [5.41, 5.74) is 0.0711. The molecule has 0 radical (unpaired) electrons. The first-order chi connectivity index (χ1) is 6.60. The summed E-state index contributed by atoms with van der Waals surface area (Å²) >= 11 is 3.92. The molecule has 1 N–H and O–H groups in total. The van der Waals surface area contributed by atoms with Gasteiger partial charge in [-0.3, -0.25) is 4.79 Å². The van der Waals surface area contributed by atoms with Gasteiger partial charge < -0.3 is 5.11 Å². The third-order valence-corrected chi connectivity index (χ3v) is 1.99. The van der Waals surface area contributed by atoms with E-state index in [2.05, 4.69) is 12.6 Å². The Morgan fingerprint density at radius 3 is 2.64 bits per heavy atom.